The summed E-state index contributed by atoms with van der Waals surface area (Å²) in [5.74, 6) is 0. The largest absolute Gasteiger partial charge is 0.308 e. The Morgan fingerprint density at radius 2 is 1.12 bits per heavy atom. The molecular weight excluding hydrogens is 518 g/mol. The lowest BCUT2D eigenvalue weighted by molar-refractivity contribution is 1.20. The van der Waals surface area contributed by atoms with E-state index in [4.69, 9.17) is 4.98 Å². The molecule has 0 radical (unpaired) electrons. The number of imidazole rings is 1. The van der Waals surface area contributed by atoms with Crippen molar-refractivity contribution in [1.82, 2.24) is 14.0 Å². The molecule has 10 rings (SSSR count). The predicted molar refractivity (Wildman–Crippen MR) is 175 cm³/mol. The van der Waals surface area contributed by atoms with E-state index in [1.165, 1.54) is 69.3 Å². The molecule has 3 nitrogen and oxygen atoms in total. The summed E-state index contributed by atoms with van der Waals surface area (Å²) in [6.45, 7) is 0. The molecule has 6 aromatic carbocycles. The van der Waals surface area contributed by atoms with Gasteiger partial charge in [0, 0.05) is 37.0 Å². The van der Waals surface area contributed by atoms with Crippen molar-refractivity contribution in [2.75, 3.05) is 0 Å². The average Bonchev–Trinajstić information content (AvgIpc) is 3.70. The minimum absolute atomic E-state index is 1.00. The van der Waals surface area contributed by atoms with E-state index in [-0.39, 0.29) is 0 Å². The van der Waals surface area contributed by atoms with Crippen molar-refractivity contribution in [3.05, 3.63) is 127 Å². The molecule has 0 aliphatic heterocycles. The Labute approximate surface area is 238 Å². The lowest BCUT2D eigenvalue weighted by Crippen LogP contribution is -1.94. The summed E-state index contributed by atoms with van der Waals surface area (Å²) in [6.07, 6.45) is 0. The molecule has 0 atom stereocenters. The summed E-state index contributed by atoms with van der Waals surface area (Å²) in [7, 11) is 0. The molecule has 10 aromatic rings. The van der Waals surface area contributed by atoms with Gasteiger partial charge in [0.25, 0.3) is 0 Å². The zero-order valence-corrected chi connectivity index (χ0v) is 22.7. The summed E-state index contributed by atoms with van der Waals surface area (Å²) in [5.41, 5.74) is 7.96. The molecule has 0 bridgehead atoms. The number of hydrogen-bond donors (Lipinski definition) is 0. The fraction of sp³-hybridized carbons (Fsp3) is 0. The fourth-order valence-electron chi connectivity index (χ4n) is 6.94. The molecule has 4 heterocycles. The first-order chi connectivity index (χ1) is 20.3. The van der Waals surface area contributed by atoms with Crippen molar-refractivity contribution in [2.24, 2.45) is 0 Å². The van der Waals surface area contributed by atoms with Gasteiger partial charge in [0.15, 0.2) is 0 Å². The Bertz CT molecular complexity index is 2700. The van der Waals surface area contributed by atoms with Gasteiger partial charge in [-0.3, -0.25) is 4.40 Å². The molecule has 0 aliphatic carbocycles. The van der Waals surface area contributed by atoms with Crippen LogP contribution in [0.1, 0.15) is 0 Å². The van der Waals surface area contributed by atoms with Gasteiger partial charge in [-0.1, -0.05) is 91.0 Å². The van der Waals surface area contributed by atoms with Crippen LogP contribution in [0.4, 0.5) is 0 Å². The Morgan fingerprint density at radius 1 is 0.463 bits per heavy atom. The fourth-order valence-corrected chi connectivity index (χ4v) is 8.15. The van der Waals surface area contributed by atoms with Gasteiger partial charge in [-0.05, 0) is 41.8 Å². The van der Waals surface area contributed by atoms with Gasteiger partial charge in [0.1, 0.15) is 5.65 Å². The number of nitrogens with zero attached hydrogens (tertiary/aromatic N) is 3. The van der Waals surface area contributed by atoms with E-state index < -0.39 is 0 Å². The monoisotopic (exact) mass is 539 g/mol. The van der Waals surface area contributed by atoms with E-state index >= 15 is 0 Å². The van der Waals surface area contributed by atoms with Gasteiger partial charge in [-0.15, -0.1) is 11.3 Å². The number of para-hydroxylation sites is 2. The number of pyridine rings is 1. The summed E-state index contributed by atoms with van der Waals surface area (Å²) in [4.78, 5) is 5.27. The number of thiophene rings is 1. The first-order valence-corrected chi connectivity index (χ1v) is 14.7. The van der Waals surface area contributed by atoms with Crippen LogP contribution in [-0.4, -0.2) is 14.0 Å². The third kappa shape index (κ3) is 2.75. The second kappa shape index (κ2) is 7.72. The maximum atomic E-state index is 5.27. The van der Waals surface area contributed by atoms with Crippen LogP contribution in [0.5, 0.6) is 0 Å². The zero-order chi connectivity index (χ0) is 26.7. The lowest BCUT2D eigenvalue weighted by atomic mass is 10.1. The maximum Gasteiger partial charge on any atom is 0.146 e. The van der Waals surface area contributed by atoms with Gasteiger partial charge in [-0.25, -0.2) is 4.98 Å². The summed E-state index contributed by atoms with van der Waals surface area (Å²) >= 11 is 1.88. The van der Waals surface area contributed by atoms with Crippen LogP contribution in [0.15, 0.2) is 127 Å². The topological polar surface area (TPSA) is 22.2 Å². The molecule has 0 aliphatic rings. The van der Waals surface area contributed by atoms with E-state index in [0.29, 0.717) is 0 Å². The van der Waals surface area contributed by atoms with Crippen LogP contribution in [0.3, 0.4) is 0 Å². The molecule has 0 N–H and O–H groups in total. The Balaban J connectivity index is 1.42. The first kappa shape index (κ1) is 21.6. The Kier molecular flexibility index (Phi) is 4.07. The van der Waals surface area contributed by atoms with Crippen molar-refractivity contribution >= 4 is 91.7 Å². The van der Waals surface area contributed by atoms with E-state index in [1.54, 1.807) is 0 Å². The van der Waals surface area contributed by atoms with Gasteiger partial charge in [-0.2, -0.15) is 0 Å². The molecular formula is C37H21N3S. The Hall–Kier alpha value is -5.19. The number of fused-ring (bicyclic) bond motifs is 14. The molecule has 0 saturated heterocycles. The lowest BCUT2D eigenvalue weighted by Gasteiger charge is -2.10. The third-order valence-corrected chi connectivity index (χ3v) is 9.88. The van der Waals surface area contributed by atoms with E-state index in [0.717, 1.165) is 16.7 Å². The van der Waals surface area contributed by atoms with Crippen LogP contribution >= 0.6 is 11.3 Å². The molecule has 0 spiro atoms. The highest BCUT2D eigenvalue weighted by Gasteiger charge is 2.20. The van der Waals surface area contributed by atoms with Crippen molar-refractivity contribution in [2.45, 2.75) is 0 Å². The third-order valence-electron chi connectivity index (χ3n) is 8.68. The van der Waals surface area contributed by atoms with Gasteiger partial charge < -0.3 is 4.57 Å². The normalized spacial score (nSPS) is 12.4. The average molecular weight is 540 g/mol. The first-order valence-electron chi connectivity index (χ1n) is 13.9. The highest BCUT2D eigenvalue weighted by atomic mass is 32.1. The predicted octanol–water partition coefficient (Wildman–Crippen LogP) is 10.3. The second-order valence-electron chi connectivity index (χ2n) is 10.8. The molecule has 4 heteroatoms. The quantitative estimate of drug-likeness (QED) is 0.190. The van der Waals surface area contributed by atoms with Crippen molar-refractivity contribution in [3.8, 4) is 5.69 Å². The van der Waals surface area contributed by atoms with Gasteiger partial charge in [0.05, 0.1) is 38.0 Å². The van der Waals surface area contributed by atoms with E-state index in [9.17, 15) is 0 Å². The van der Waals surface area contributed by atoms with Crippen LogP contribution in [0, 0.1) is 0 Å². The molecule has 4 aromatic heterocycles. The SMILES string of the molecule is c1ccc2c(c1)sc1c(-n3c4ccccc4c4cc5nc6c7ccccc7c7ccccc7n6c5cc43)cccc12. The standard InChI is InChI=1S/C37H21N3S/c1-2-14-27-22(10-1)23-11-3-7-17-31(23)40-34-21-33-28(20-29(34)38-37(27)40)24-12-4-6-16-30(24)39(33)32-18-9-15-26-25-13-5-8-19-35(25)41-36(26)32/h1-21H. The Morgan fingerprint density at radius 3 is 1.98 bits per heavy atom. The maximum absolute atomic E-state index is 5.27. The molecule has 0 saturated carbocycles. The molecule has 41 heavy (non-hydrogen) atoms. The number of rotatable bonds is 1. The molecule has 0 amide bonds. The van der Waals surface area contributed by atoms with Crippen molar-refractivity contribution in [3.63, 3.8) is 0 Å². The summed E-state index contributed by atoms with van der Waals surface area (Å²) < 4.78 is 7.45. The summed E-state index contributed by atoms with van der Waals surface area (Å²) in [6, 6.07) is 46.2. The van der Waals surface area contributed by atoms with Crippen LogP contribution in [0.2, 0.25) is 0 Å². The molecule has 0 unspecified atom stereocenters. The van der Waals surface area contributed by atoms with Crippen LogP contribution < -0.4 is 0 Å². The van der Waals surface area contributed by atoms with Crippen LogP contribution in [0.25, 0.3) is 86.0 Å². The van der Waals surface area contributed by atoms with Crippen molar-refractivity contribution in [1.29, 1.82) is 0 Å². The minimum atomic E-state index is 1.00. The smallest absolute Gasteiger partial charge is 0.146 e. The van der Waals surface area contributed by atoms with Gasteiger partial charge >= 0.3 is 0 Å². The highest BCUT2D eigenvalue weighted by molar-refractivity contribution is 7.26. The highest BCUT2D eigenvalue weighted by Crippen LogP contribution is 2.42. The number of benzene rings is 6. The van der Waals surface area contributed by atoms with Crippen LogP contribution in [-0.2, 0) is 0 Å². The molecule has 190 valence electrons. The molecule has 0 fully saturated rings. The van der Waals surface area contributed by atoms with Crippen molar-refractivity contribution < 1.29 is 0 Å². The number of hydrogen-bond acceptors (Lipinski definition) is 2. The zero-order valence-electron chi connectivity index (χ0n) is 21.9. The van der Waals surface area contributed by atoms with E-state index in [1.807, 2.05) is 11.3 Å². The van der Waals surface area contributed by atoms with Gasteiger partial charge in [0.2, 0.25) is 0 Å². The second-order valence-corrected chi connectivity index (χ2v) is 11.8. The minimum Gasteiger partial charge on any atom is -0.308 e. The summed E-state index contributed by atoms with van der Waals surface area (Å²) in [5, 5.41) is 8.75. The number of aromatic nitrogens is 3. The van der Waals surface area contributed by atoms with E-state index in [2.05, 4.69) is 136 Å².